The number of hydrogen-bond acceptors (Lipinski definition) is 3. The van der Waals surface area contributed by atoms with Crippen LogP contribution in [0.2, 0.25) is 0 Å². The van der Waals surface area contributed by atoms with Crippen LogP contribution < -0.4 is 0 Å². The fraction of sp³-hybridized carbons (Fsp3) is 0.333. The minimum atomic E-state index is -0.173. The summed E-state index contributed by atoms with van der Waals surface area (Å²) in [6.07, 6.45) is 13.3. The van der Waals surface area contributed by atoms with Crippen molar-refractivity contribution in [2.24, 2.45) is 0 Å². The molecule has 0 atom stereocenters. The summed E-state index contributed by atoms with van der Waals surface area (Å²) >= 11 is 0. The van der Waals surface area contributed by atoms with Crippen molar-refractivity contribution in [1.82, 2.24) is 0 Å². The number of unbranched alkanes of at least 4 members (excludes halogenated alkanes) is 1. The maximum absolute atomic E-state index is 10.7. The third-order valence-corrected chi connectivity index (χ3v) is 1.64. The van der Waals surface area contributed by atoms with Gasteiger partial charge in [-0.15, -0.1) is 0 Å². The van der Waals surface area contributed by atoms with Gasteiger partial charge in [-0.3, -0.25) is 9.59 Å². The second-order valence-corrected chi connectivity index (χ2v) is 2.80. The minimum Gasteiger partial charge on any atom is -0.469 e. The Labute approximate surface area is 90.1 Å². The van der Waals surface area contributed by atoms with Crippen LogP contribution in [0.5, 0.6) is 0 Å². The first-order valence-corrected chi connectivity index (χ1v) is 4.81. The molecular weight excluding hydrogens is 192 g/mol. The summed E-state index contributed by atoms with van der Waals surface area (Å²) in [5.41, 5.74) is 0. The van der Waals surface area contributed by atoms with Gasteiger partial charge in [0, 0.05) is 6.42 Å². The van der Waals surface area contributed by atoms with Crippen molar-refractivity contribution in [3.63, 3.8) is 0 Å². The van der Waals surface area contributed by atoms with E-state index in [1.807, 2.05) is 18.2 Å². The normalized spacial score (nSPS) is 11.5. The molecule has 3 heteroatoms. The summed E-state index contributed by atoms with van der Waals surface area (Å²) in [5.74, 6) is -0.173. The van der Waals surface area contributed by atoms with Crippen LogP contribution in [-0.2, 0) is 14.3 Å². The number of rotatable bonds is 7. The van der Waals surface area contributed by atoms with Crippen molar-refractivity contribution >= 4 is 12.3 Å². The molecule has 0 bridgehead atoms. The third kappa shape index (κ3) is 10.3. The largest absolute Gasteiger partial charge is 0.469 e. The highest BCUT2D eigenvalue weighted by molar-refractivity contribution is 5.69. The van der Waals surface area contributed by atoms with Crippen molar-refractivity contribution in [2.45, 2.75) is 19.3 Å². The Morgan fingerprint density at radius 1 is 1.13 bits per heavy atom. The van der Waals surface area contributed by atoms with Crippen LogP contribution in [0.1, 0.15) is 19.3 Å². The number of carbonyl (C=O) groups is 2. The van der Waals surface area contributed by atoms with Gasteiger partial charge < -0.3 is 4.74 Å². The van der Waals surface area contributed by atoms with Gasteiger partial charge in [0.25, 0.3) is 0 Å². The molecule has 0 saturated carbocycles. The molecule has 0 fully saturated rings. The molecule has 0 aromatic heterocycles. The van der Waals surface area contributed by atoms with Gasteiger partial charge in [-0.05, 0) is 18.9 Å². The van der Waals surface area contributed by atoms with E-state index in [0.717, 1.165) is 19.1 Å². The van der Waals surface area contributed by atoms with Crippen LogP contribution in [0.25, 0.3) is 0 Å². The monoisotopic (exact) mass is 208 g/mol. The van der Waals surface area contributed by atoms with Crippen LogP contribution >= 0.6 is 0 Å². The molecule has 0 amide bonds. The molecule has 0 radical (unpaired) electrons. The molecular formula is C12H16O3. The van der Waals surface area contributed by atoms with E-state index in [2.05, 4.69) is 4.74 Å². The summed E-state index contributed by atoms with van der Waals surface area (Å²) in [7, 11) is 1.39. The van der Waals surface area contributed by atoms with Crippen molar-refractivity contribution in [2.75, 3.05) is 7.11 Å². The molecule has 0 unspecified atom stereocenters. The topological polar surface area (TPSA) is 43.4 Å². The summed E-state index contributed by atoms with van der Waals surface area (Å²) < 4.78 is 4.50. The van der Waals surface area contributed by atoms with E-state index in [-0.39, 0.29) is 5.97 Å². The first kappa shape index (κ1) is 13.4. The van der Waals surface area contributed by atoms with Crippen LogP contribution in [0, 0.1) is 0 Å². The van der Waals surface area contributed by atoms with Gasteiger partial charge in [0.2, 0.25) is 0 Å². The average Bonchev–Trinajstić information content (AvgIpc) is 2.26. The van der Waals surface area contributed by atoms with Crippen molar-refractivity contribution in [3.8, 4) is 0 Å². The number of carbonyl (C=O) groups excluding carboxylic acids is 2. The highest BCUT2D eigenvalue weighted by atomic mass is 16.5. The van der Waals surface area contributed by atoms with Crippen LogP contribution in [0.15, 0.2) is 36.5 Å². The molecule has 0 aliphatic carbocycles. The molecule has 15 heavy (non-hydrogen) atoms. The first-order valence-electron chi connectivity index (χ1n) is 4.81. The summed E-state index contributed by atoms with van der Waals surface area (Å²) in [6.45, 7) is 0. The maximum Gasteiger partial charge on any atom is 0.305 e. The van der Waals surface area contributed by atoms with Gasteiger partial charge in [-0.1, -0.05) is 30.4 Å². The highest BCUT2D eigenvalue weighted by Gasteiger charge is 1.96. The van der Waals surface area contributed by atoms with E-state index in [4.69, 9.17) is 0 Å². The number of esters is 1. The predicted molar refractivity (Wildman–Crippen MR) is 59.4 cm³/mol. The van der Waals surface area contributed by atoms with Crippen LogP contribution in [0.4, 0.5) is 0 Å². The van der Waals surface area contributed by atoms with Crippen molar-refractivity contribution in [3.05, 3.63) is 36.5 Å². The maximum atomic E-state index is 10.7. The number of aldehydes is 1. The fourth-order valence-electron chi connectivity index (χ4n) is 0.879. The quantitative estimate of drug-likeness (QED) is 0.212. The third-order valence-electron chi connectivity index (χ3n) is 1.64. The van der Waals surface area contributed by atoms with Gasteiger partial charge in [0.1, 0.15) is 6.29 Å². The Balaban J connectivity index is 3.46. The van der Waals surface area contributed by atoms with Crippen LogP contribution in [0.3, 0.4) is 0 Å². The zero-order valence-corrected chi connectivity index (χ0v) is 8.89. The lowest BCUT2D eigenvalue weighted by Crippen LogP contribution is -1.98. The zero-order chi connectivity index (χ0) is 11.4. The van der Waals surface area contributed by atoms with Gasteiger partial charge in [-0.2, -0.15) is 0 Å². The van der Waals surface area contributed by atoms with Crippen LogP contribution in [-0.4, -0.2) is 19.4 Å². The molecule has 3 nitrogen and oxygen atoms in total. The Kier molecular flexibility index (Phi) is 9.30. The Bertz CT molecular complexity index is 262. The lowest BCUT2D eigenvalue weighted by molar-refractivity contribution is -0.140. The lowest BCUT2D eigenvalue weighted by Gasteiger charge is -1.94. The smallest absolute Gasteiger partial charge is 0.305 e. The van der Waals surface area contributed by atoms with Crippen molar-refractivity contribution < 1.29 is 14.3 Å². The van der Waals surface area contributed by atoms with Crippen molar-refractivity contribution in [1.29, 1.82) is 0 Å². The second-order valence-electron chi connectivity index (χ2n) is 2.80. The molecule has 0 spiro atoms. The van der Waals surface area contributed by atoms with E-state index in [1.54, 1.807) is 12.2 Å². The molecule has 0 aromatic carbocycles. The molecule has 0 N–H and O–H groups in total. The summed E-state index contributed by atoms with van der Waals surface area (Å²) in [4.78, 5) is 20.6. The number of ether oxygens (including phenoxy) is 1. The lowest BCUT2D eigenvalue weighted by atomic mass is 10.2. The van der Waals surface area contributed by atoms with Gasteiger partial charge in [0.15, 0.2) is 0 Å². The molecule has 0 aliphatic rings. The van der Waals surface area contributed by atoms with E-state index in [1.165, 1.54) is 13.2 Å². The van der Waals surface area contributed by atoms with E-state index in [9.17, 15) is 9.59 Å². The van der Waals surface area contributed by atoms with E-state index in [0.29, 0.717) is 6.42 Å². The molecule has 0 heterocycles. The molecule has 82 valence electrons. The Hall–Kier alpha value is -1.64. The average molecular weight is 208 g/mol. The first-order chi connectivity index (χ1) is 7.31. The second kappa shape index (κ2) is 10.4. The zero-order valence-electron chi connectivity index (χ0n) is 8.89. The van der Waals surface area contributed by atoms with Gasteiger partial charge in [0.05, 0.1) is 7.11 Å². The number of allylic oxidation sites excluding steroid dienone is 6. The van der Waals surface area contributed by atoms with Gasteiger partial charge in [-0.25, -0.2) is 0 Å². The Morgan fingerprint density at radius 2 is 1.80 bits per heavy atom. The molecule has 0 rings (SSSR count). The molecule has 0 saturated heterocycles. The van der Waals surface area contributed by atoms with E-state index >= 15 is 0 Å². The van der Waals surface area contributed by atoms with Gasteiger partial charge >= 0.3 is 5.97 Å². The predicted octanol–water partition coefficient (Wildman–Crippen LogP) is 2.20. The summed E-state index contributed by atoms with van der Waals surface area (Å²) in [6, 6.07) is 0. The Morgan fingerprint density at radius 3 is 2.47 bits per heavy atom. The number of hydrogen-bond donors (Lipinski definition) is 0. The fourth-order valence-corrected chi connectivity index (χ4v) is 0.879. The SMILES string of the molecule is COC(=O)CCC\C=C/C=C/C=C/C=O. The van der Waals surface area contributed by atoms with E-state index < -0.39 is 0 Å². The summed E-state index contributed by atoms with van der Waals surface area (Å²) in [5, 5.41) is 0. The highest BCUT2D eigenvalue weighted by Crippen LogP contribution is 1.98. The minimum absolute atomic E-state index is 0.173. The number of methoxy groups -OCH3 is 1. The standard InChI is InChI=1S/C12H16O3/c1-15-12(14)10-8-6-4-2-3-5-7-9-11-13/h2-5,7,9,11H,6,8,10H2,1H3/b4-2-,5-3+,9-7+. The molecule has 0 aliphatic heterocycles. The molecule has 0 aromatic rings.